The molecule has 0 saturated heterocycles. The topological polar surface area (TPSA) is 111 Å². The Kier molecular flexibility index (Phi) is 13.1. The van der Waals surface area contributed by atoms with Crippen LogP contribution in [-0.4, -0.2) is 77.6 Å². The van der Waals surface area contributed by atoms with E-state index < -0.39 is 18.8 Å². The molecule has 0 aromatic rings. The summed E-state index contributed by atoms with van der Waals surface area (Å²) in [5, 5.41) is 38.7. The van der Waals surface area contributed by atoms with Crippen LogP contribution in [0.4, 0.5) is 0 Å². The number of nitrogens with one attached hydrogen (secondary N) is 1. The maximum atomic E-state index is 9.34. The highest BCUT2D eigenvalue weighted by molar-refractivity contribution is 7.98. The third kappa shape index (κ3) is 14.3. The maximum absolute atomic E-state index is 9.34. The van der Waals surface area contributed by atoms with Crippen LogP contribution >= 0.6 is 11.8 Å². The summed E-state index contributed by atoms with van der Waals surface area (Å²) >= 11 is 1.55. The Bertz CT molecular complexity index is 198. The minimum atomic E-state index is -1.42. The predicted octanol–water partition coefficient (Wildman–Crippen LogP) is -1.30. The average Bonchev–Trinajstić information content (AvgIpc) is 2.35. The van der Waals surface area contributed by atoms with Crippen LogP contribution in [0.3, 0.4) is 0 Å². The molecule has 0 fully saturated rings. The Hall–Kier alpha value is 0.0700. The molecule has 0 aromatic carbocycles. The van der Waals surface area contributed by atoms with Gasteiger partial charge in [-0.05, 0) is 6.26 Å². The molecule has 5 N–H and O–H groups in total. The molecule has 2 unspecified atom stereocenters. The van der Waals surface area contributed by atoms with Gasteiger partial charge >= 0.3 is 0 Å². The van der Waals surface area contributed by atoms with Crippen LogP contribution in [0, 0.1) is 0 Å². The molecule has 8 heteroatoms. The Morgan fingerprint density at radius 3 is 2.42 bits per heavy atom. The van der Waals surface area contributed by atoms with E-state index >= 15 is 0 Å². The molecule has 0 rings (SSSR count). The normalized spacial score (nSPS) is 14.8. The minimum absolute atomic E-state index is 0.0687. The molecule has 116 valence electrons. The van der Waals surface area contributed by atoms with Gasteiger partial charge in [-0.15, -0.1) is 0 Å². The van der Waals surface area contributed by atoms with Crippen molar-refractivity contribution in [1.29, 1.82) is 0 Å². The van der Waals surface area contributed by atoms with Gasteiger partial charge in [-0.1, -0.05) is 0 Å². The van der Waals surface area contributed by atoms with Crippen molar-refractivity contribution in [1.82, 2.24) is 5.32 Å². The van der Waals surface area contributed by atoms with Gasteiger partial charge in [-0.3, -0.25) is 5.32 Å². The molecule has 0 aromatic heterocycles. The van der Waals surface area contributed by atoms with Crippen molar-refractivity contribution in [2.45, 2.75) is 31.6 Å². The molecule has 0 radical (unpaired) electrons. The Balaban J connectivity index is 3.22. The van der Waals surface area contributed by atoms with E-state index in [9.17, 15) is 10.2 Å². The lowest BCUT2D eigenvalue weighted by Gasteiger charge is -2.13. The fourth-order valence-electron chi connectivity index (χ4n) is 1.23. The van der Waals surface area contributed by atoms with Crippen LogP contribution in [-0.2, 0) is 9.47 Å². The molecule has 0 aliphatic heterocycles. The SMILES string of the molecule is CSCC(O)NCCOCCOC(O)CCC(O)O. The first-order chi connectivity index (χ1) is 9.06. The van der Waals surface area contributed by atoms with Crippen LogP contribution in [0.5, 0.6) is 0 Å². The van der Waals surface area contributed by atoms with E-state index in [0.717, 1.165) is 0 Å². The molecule has 0 amide bonds. The fraction of sp³-hybridized carbons (Fsp3) is 1.00. The first kappa shape index (κ1) is 19.1. The lowest BCUT2D eigenvalue weighted by molar-refractivity contribution is -0.131. The zero-order chi connectivity index (χ0) is 14.5. The minimum Gasteiger partial charge on any atom is -0.378 e. The van der Waals surface area contributed by atoms with Crippen LogP contribution < -0.4 is 5.32 Å². The number of ether oxygens (including phenoxy) is 2. The second kappa shape index (κ2) is 13.1. The monoisotopic (exact) mass is 299 g/mol. The van der Waals surface area contributed by atoms with Crippen molar-refractivity contribution in [3.05, 3.63) is 0 Å². The van der Waals surface area contributed by atoms with Gasteiger partial charge in [0.05, 0.1) is 19.8 Å². The van der Waals surface area contributed by atoms with E-state index in [-0.39, 0.29) is 19.4 Å². The van der Waals surface area contributed by atoms with Gasteiger partial charge in [0, 0.05) is 25.1 Å². The molecule has 0 aliphatic carbocycles. The van der Waals surface area contributed by atoms with Crippen molar-refractivity contribution >= 4 is 11.8 Å². The predicted molar refractivity (Wildman–Crippen MR) is 72.6 cm³/mol. The smallest absolute Gasteiger partial charge is 0.154 e. The van der Waals surface area contributed by atoms with Crippen molar-refractivity contribution in [2.24, 2.45) is 0 Å². The van der Waals surface area contributed by atoms with Gasteiger partial charge in [-0.25, -0.2) is 0 Å². The number of hydrogen-bond donors (Lipinski definition) is 5. The summed E-state index contributed by atoms with van der Waals surface area (Å²) in [7, 11) is 0. The zero-order valence-electron chi connectivity index (χ0n) is 11.2. The Morgan fingerprint density at radius 1 is 1.05 bits per heavy atom. The molecule has 0 bridgehead atoms. The van der Waals surface area contributed by atoms with Crippen molar-refractivity contribution in [3.63, 3.8) is 0 Å². The highest BCUT2D eigenvalue weighted by Gasteiger charge is 2.06. The Morgan fingerprint density at radius 2 is 1.79 bits per heavy atom. The molecular formula is C11H25NO6S. The van der Waals surface area contributed by atoms with Gasteiger partial charge < -0.3 is 29.9 Å². The zero-order valence-corrected chi connectivity index (χ0v) is 12.0. The lowest BCUT2D eigenvalue weighted by atomic mass is 10.3. The molecule has 2 atom stereocenters. The van der Waals surface area contributed by atoms with Crippen LogP contribution in [0.2, 0.25) is 0 Å². The van der Waals surface area contributed by atoms with Crippen molar-refractivity contribution in [2.75, 3.05) is 38.4 Å². The average molecular weight is 299 g/mol. The summed E-state index contributed by atoms with van der Waals surface area (Å²) in [5.41, 5.74) is 0. The van der Waals surface area contributed by atoms with Crippen LogP contribution in [0.25, 0.3) is 0 Å². The van der Waals surface area contributed by atoms with Gasteiger partial charge in [0.25, 0.3) is 0 Å². The highest BCUT2D eigenvalue weighted by Crippen LogP contribution is 2.01. The number of hydrogen-bond acceptors (Lipinski definition) is 8. The number of rotatable bonds is 13. The highest BCUT2D eigenvalue weighted by atomic mass is 32.2. The fourth-order valence-corrected chi connectivity index (χ4v) is 1.67. The third-order valence-corrected chi connectivity index (χ3v) is 2.81. The van der Waals surface area contributed by atoms with E-state index in [0.29, 0.717) is 25.5 Å². The summed E-state index contributed by atoms with van der Waals surface area (Å²) in [6.45, 7) is 1.55. The van der Waals surface area contributed by atoms with Gasteiger partial charge in [-0.2, -0.15) is 11.8 Å². The summed E-state index contributed by atoms with van der Waals surface area (Å²) in [6, 6.07) is 0. The van der Waals surface area contributed by atoms with Gasteiger partial charge in [0.1, 0.15) is 6.23 Å². The third-order valence-electron chi connectivity index (χ3n) is 2.16. The van der Waals surface area contributed by atoms with E-state index in [1.54, 1.807) is 11.8 Å². The summed E-state index contributed by atoms with van der Waals surface area (Å²) in [6.07, 6.45) is -0.805. The summed E-state index contributed by atoms with van der Waals surface area (Å²) < 4.78 is 10.2. The van der Waals surface area contributed by atoms with Gasteiger partial charge in [0.2, 0.25) is 0 Å². The van der Waals surface area contributed by atoms with Crippen LogP contribution in [0.15, 0.2) is 0 Å². The van der Waals surface area contributed by atoms with E-state index in [1.807, 2.05) is 6.26 Å². The molecule has 0 aliphatic rings. The number of aliphatic hydroxyl groups excluding tert-OH is 3. The van der Waals surface area contributed by atoms with Gasteiger partial charge in [0.15, 0.2) is 12.6 Å². The molecule has 19 heavy (non-hydrogen) atoms. The first-order valence-electron chi connectivity index (χ1n) is 6.20. The molecular weight excluding hydrogens is 274 g/mol. The first-order valence-corrected chi connectivity index (χ1v) is 7.59. The van der Waals surface area contributed by atoms with Crippen LogP contribution in [0.1, 0.15) is 12.8 Å². The van der Waals surface area contributed by atoms with E-state index in [2.05, 4.69) is 5.32 Å². The van der Waals surface area contributed by atoms with E-state index in [4.69, 9.17) is 19.7 Å². The molecule has 0 spiro atoms. The molecule has 0 heterocycles. The number of thioether (sulfide) groups is 1. The molecule has 0 saturated carbocycles. The van der Waals surface area contributed by atoms with E-state index in [1.165, 1.54) is 0 Å². The maximum Gasteiger partial charge on any atom is 0.154 e. The second-order valence-corrected chi connectivity index (χ2v) is 4.83. The Labute approximate surface area is 117 Å². The summed E-state index contributed by atoms with van der Waals surface area (Å²) in [5.74, 6) is 0.631. The largest absolute Gasteiger partial charge is 0.378 e. The standard InChI is InChI=1S/C11H25NO6S/c1-19-8-9(13)12-4-5-17-6-7-18-11(16)3-2-10(14)15/h9-16H,2-8H2,1H3. The lowest BCUT2D eigenvalue weighted by Crippen LogP contribution is -2.33. The second-order valence-electron chi connectivity index (χ2n) is 3.92. The quantitative estimate of drug-likeness (QED) is 0.211. The molecule has 7 nitrogen and oxygen atoms in total. The summed E-state index contributed by atoms with van der Waals surface area (Å²) in [4.78, 5) is 0. The van der Waals surface area contributed by atoms with Crippen molar-refractivity contribution in [3.8, 4) is 0 Å². The number of aliphatic hydroxyl groups is 4. The van der Waals surface area contributed by atoms with Crippen molar-refractivity contribution < 1.29 is 29.9 Å².